The van der Waals surface area contributed by atoms with Crippen LogP contribution in [0.15, 0.2) is 16.4 Å². The summed E-state index contributed by atoms with van der Waals surface area (Å²) >= 11 is 0. The molecule has 0 aromatic heterocycles. The largest absolute Gasteiger partial charge is 0.394 e. The average Bonchev–Trinajstić information content (AvgIpc) is 2.90. The Kier molecular flexibility index (Phi) is 1.93. The van der Waals surface area contributed by atoms with Crippen molar-refractivity contribution in [3.63, 3.8) is 0 Å². The third-order valence-corrected chi connectivity index (χ3v) is 3.67. The Labute approximate surface area is 82.8 Å². The van der Waals surface area contributed by atoms with Crippen LogP contribution in [-0.2, 0) is 9.59 Å². The lowest BCUT2D eigenvalue weighted by Gasteiger charge is -2.11. The fraction of sp³-hybridized carbons (Fsp3) is 0.375. The van der Waals surface area contributed by atoms with Crippen LogP contribution < -0.4 is 5.73 Å². The maximum Gasteiger partial charge on any atom is 0.276 e. The molecule has 74 valence electrons. The molecule has 6 heteroatoms. The molecule has 0 aromatic rings. The van der Waals surface area contributed by atoms with E-state index < -0.39 is 0 Å². The Morgan fingerprint density at radius 1 is 1.57 bits per heavy atom. The number of amides is 1. The van der Waals surface area contributed by atoms with Crippen LogP contribution in [-0.4, -0.2) is 41.8 Å². The van der Waals surface area contributed by atoms with Crippen LogP contribution in [0.25, 0.3) is 0 Å². The summed E-state index contributed by atoms with van der Waals surface area (Å²) in [4.78, 5) is 28.3. The first-order valence-electron chi connectivity index (χ1n) is 4.14. The molecule has 1 fully saturated rings. The molecule has 0 radical (unpaired) electrons. The van der Waals surface area contributed by atoms with E-state index in [0.29, 0.717) is 8.58 Å². The van der Waals surface area contributed by atoms with Gasteiger partial charge in [-0.3, -0.25) is 14.6 Å². The summed E-state index contributed by atoms with van der Waals surface area (Å²) in [5, 5.41) is 0. The first-order valence-corrected chi connectivity index (χ1v) is 5.71. The van der Waals surface area contributed by atoms with Gasteiger partial charge in [0.15, 0.2) is 5.70 Å². The quantitative estimate of drug-likeness (QED) is 0.372. The topological polar surface area (TPSA) is 75.5 Å². The molecule has 5 nitrogen and oxygen atoms in total. The smallest absolute Gasteiger partial charge is 0.276 e. The van der Waals surface area contributed by atoms with Gasteiger partial charge in [-0.2, -0.15) is 0 Å². The van der Waals surface area contributed by atoms with Crippen LogP contribution in [0.4, 0.5) is 0 Å². The fourth-order valence-electron chi connectivity index (χ4n) is 1.72. The Morgan fingerprint density at radius 2 is 2.21 bits per heavy atom. The number of ketones is 1. The summed E-state index contributed by atoms with van der Waals surface area (Å²) in [6, 6.07) is -0.323. The maximum absolute atomic E-state index is 11.6. The molecule has 2 N–H and O–H groups in total. The molecule has 2 rings (SSSR count). The van der Waals surface area contributed by atoms with E-state index in [2.05, 4.69) is 11.7 Å². The van der Waals surface area contributed by atoms with Crippen LogP contribution in [0.1, 0.15) is 0 Å². The fourth-order valence-corrected chi connectivity index (χ4v) is 2.81. The number of Topliss-reactive ketones (excluding diaryl/α,β-unsaturated/α-hetero) is 1. The molecule has 0 aromatic carbocycles. The van der Waals surface area contributed by atoms with Gasteiger partial charge >= 0.3 is 0 Å². The van der Waals surface area contributed by atoms with Gasteiger partial charge in [0.1, 0.15) is 11.7 Å². The van der Waals surface area contributed by atoms with Crippen molar-refractivity contribution in [3.8, 4) is 0 Å². The zero-order chi connectivity index (χ0) is 10.5. The van der Waals surface area contributed by atoms with Gasteiger partial charge in [0, 0.05) is 0 Å². The molecule has 2 heterocycles. The molecule has 1 saturated heterocycles. The van der Waals surface area contributed by atoms with E-state index in [-0.39, 0.29) is 34.9 Å². The Hall–Kier alpha value is -1.22. The van der Waals surface area contributed by atoms with Crippen molar-refractivity contribution < 1.29 is 9.59 Å². The summed E-state index contributed by atoms with van der Waals surface area (Å²) in [6.45, 7) is 5.20. The highest BCUT2D eigenvalue weighted by atomic mass is 31.1. The first-order chi connectivity index (χ1) is 6.63. The lowest BCUT2D eigenvalue weighted by atomic mass is 10.1. The SMILES string of the molecule is C=NC1=C(N)C(=O)C2C(PC)N2C1=O. The van der Waals surface area contributed by atoms with Crippen LogP contribution in [0.2, 0.25) is 0 Å². The molecule has 2 aliphatic rings. The standard InChI is InChI=1S/C8H10N3O2P/c1-10-4-3(9)6(12)5-8(14-2)11(5)7(4)13/h5,8,14H,1,9H2,2H3. The molecule has 0 saturated carbocycles. The molecular weight excluding hydrogens is 201 g/mol. The zero-order valence-electron chi connectivity index (χ0n) is 7.65. The summed E-state index contributed by atoms with van der Waals surface area (Å²) < 4.78 is 0. The van der Waals surface area contributed by atoms with Crippen molar-refractivity contribution >= 4 is 27.0 Å². The average molecular weight is 211 g/mol. The van der Waals surface area contributed by atoms with Crippen LogP contribution in [0.3, 0.4) is 0 Å². The highest BCUT2D eigenvalue weighted by Crippen LogP contribution is 2.44. The third-order valence-electron chi connectivity index (χ3n) is 2.49. The van der Waals surface area contributed by atoms with Gasteiger partial charge in [-0.25, -0.2) is 0 Å². The van der Waals surface area contributed by atoms with Gasteiger partial charge < -0.3 is 10.6 Å². The monoisotopic (exact) mass is 211 g/mol. The van der Waals surface area contributed by atoms with Crippen molar-refractivity contribution in [2.45, 2.75) is 11.8 Å². The molecular formula is C8H10N3O2P. The summed E-state index contributed by atoms with van der Waals surface area (Å²) in [7, 11) is 0.532. The number of hydrogen-bond acceptors (Lipinski definition) is 4. The minimum Gasteiger partial charge on any atom is -0.394 e. The highest BCUT2D eigenvalue weighted by molar-refractivity contribution is 7.38. The van der Waals surface area contributed by atoms with Crippen LogP contribution in [0.5, 0.6) is 0 Å². The third kappa shape index (κ3) is 0.960. The van der Waals surface area contributed by atoms with Crippen molar-refractivity contribution in [3.05, 3.63) is 11.4 Å². The van der Waals surface area contributed by atoms with Gasteiger partial charge in [0.05, 0.1) is 5.78 Å². The van der Waals surface area contributed by atoms with Crippen LogP contribution in [0, 0.1) is 0 Å². The number of carbonyl (C=O) groups is 2. The second-order valence-electron chi connectivity index (χ2n) is 3.18. The van der Waals surface area contributed by atoms with Crippen molar-refractivity contribution in [2.75, 3.05) is 6.66 Å². The van der Waals surface area contributed by atoms with Crippen LogP contribution >= 0.6 is 8.58 Å². The predicted molar refractivity (Wildman–Crippen MR) is 54.4 cm³/mol. The number of fused-ring (bicyclic) bond motifs is 1. The molecule has 1 amide bonds. The van der Waals surface area contributed by atoms with Crippen molar-refractivity contribution in [1.29, 1.82) is 0 Å². The maximum atomic E-state index is 11.6. The van der Waals surface area contributed by atoms with Gasteiger partial charge in [-0.05, 0) is 13.4 Å². The van der Waals surface area contributed by atoms with E-state index in [1.165, 1.54) is 4.90 Å². The normalized spacial score (nSPS) is 31.4. The Morgan fingerprint density at radius 3 is 2.71 bits per heavy atom. The second kappa shape index (κ2) is 2.89. The number of hydrogen-bond donors (Lipinski definition) is 1. The van der Waals surface area contributed by atoms with Gasteiger partial charge in [0.2, 0.25) is 5.78 Å². The number of nitrogens with two attached hydrogens (primary N) is 1. The van der Waals surface area contributed by atoms with Gasteiger partial charge in [-0.15, -0.1) is 0 Å². The zero-order valence-corrected chi connectivity index (χ0v) is 8.65. The molecule has 0 bridgehead atoms. The first kappa shape index (κ1) is 9.34. The molecule has 0 spiro atoms. The minimum atomic E-state index is -0.323. The number of rotatable bonds is 2. The summed E-state index contributed by atoms with van der Waals surface area (Å²) in [5.41, 5.74) is 5.48. The second-order valence-corrected chi connectivity index (χ2v) is 4.34. The van der Waals surface area contributed by atoms with Crippen molar-refractivity contribution in [2.24, 2.45) is 10.7 Å². The molecule has 0 aliphatic carbocycles. The molecule has 14 heavy (non-hydrogen) atoms. The van der Waals surface area contributed by atoms with E-state index >= 15 is 0 Å². The molecule has 2 aliphatic heterocycles. The van der Waals surface area contributed by atoms with Crippen molar-refractivity contribution in [1.82, 2.24) is 4.90 Å². The van der Waals surface area contributed by atoms with E-state index in [4.69, 9.17) is 5.73 Å². The predicted octanol–water partition coefficient (Wildman–Crippen LogP) is -0.715. The highest BCUT2D eigenvalue weighted by Gasteiger charge is 2.58. The lowest BCUT2D eigenvalue weighted by Crippen LogP contribution is -2.32. The van der Waals surface area contributed by atoms with E-state index in [0.717, 1.165) is 0 Å². The van der Waals surface area contributed by atoms with Gasteiger partial charge in [0.25, 0.3) is 5.91 Å². The van der Waals surface area contributed by atoms with E-state index in [1.807, 2.05) is 6.66 Å². The number of aliphatic imine (C=N–C) groups is 1. The minimum absolute atomic E-state index is 0.00648. The molecule has 3 atom stereocenters. The Bertz CT molecular complexity index is 377. The number of nitrogens with zero attached hydrogens (tertiary/aromatic N) is 2. The number of carbonyl (C=O) groups excluding carboxylic acids is 2. The lowest BCUT2D eigenvalue weighted by molar-refractivity contribution is -0.127. The summed E-state index contributed by atoms with van der Waals surface area (Å²) in [6.07, 6.45) is 0. The van der Waals surface area contributed by atoms with E-state index in [9.17, 15) is 9.59 Å². The van der Waals surface area contributed by atoms with E-state index in [1.54, 1.807) is 0 Å². The van der Waals surface area contributed by atoms with Gasteiger partial charge in [-0.1, -0.05) is 8.58 Å². The summed E-state index contributed by atoms with van der Waals surface area (Å²) in [5.74, 6) is -0.416. The molecule has 3 unspecified atom stereocenters. The Balaban J connectivity index is 2.40.